The van der Waals surface area contributed by atoms with Crippen LogP contribution >= 0.6 is 0 Å². The highest BCUT2D eigenvalue weighted by atomic mass is 16.5. The van der Waals surface area contributed by atoms with Crippen LogP contribution in [0.4, 0.5) is 11.4 Å². The van der Waals surface area contributed by atoms with E-state index in [2.05, 4.69) is 5.32 Å². The predicted molar refractivity (Wildman–Crippen MR) is 70.2 cm³/mol. The Hall–Kier alpha value is -3.02. The van der Waals surface area contributed by atoms with Crippen molar-refractivity contribution in [1.82, 2.24) is 0 Å². The molecule has 2 aromatic rings. The standard InChI is InChI=1S/C14H9NO5/c16-13(17)7-4-5-10-9(6-7)15-12-8(14(18)19)2-1-3-11(12)20-10/h1-6,15H,(H,16,17)(H,18,19). The Balaban J connectivity index is 2.10. The lowest BCUT2D eigenvalue weighted by atomic mass is 10.1. The highest BCUT2D eigenvalue weighted by Crippen LogP contribution is 2.43. The van der Waals surface area contributed by atoms with Crippen LogP contribution in [0.5, 0.6) is 11.5 Å². The predicted octanol–water partition coefficient (Wildman–Crippen LogP) is 2.93. The van der Waals surface area contributed by atoms with E-state index in [-0.39, 0.29) is 11.1 Å². The molecule has 1 heterocycles. The first-order valence-corrected chi connectivity index (χ1v) is 5.75. The number of carboxylic acids is 2. The number of hydrogen-bond donors (Lipinski definition) is 3. The maximum atomic E-state index is 11.2. The molecule has 0 fully saturated rings. The Bertz CT molecular complexity index is 738. The van der Waals surface area contributed by atoms with Gasteiger partial charge in [0.1, 0.15) is 0 Å². The molecule has 3 rings (SSSR count). The molecule has 0 saturated carbocycles. The molecule has 1 aliphatic rings. The molecular formula is C14H9NO5. The summed E-state index contributed by atoms with van der Waals surface area (Å²) in [6.07, 6.45) is 0. The van der Waals surface area contributed by atoms with Gasteiger partial charge < -0.3 is 20.3 Å². The largest absolute Gasteiger partial charge is 0.478 e. The van der Waals surface area contributed by atoms with Crippen molar-refractivity contribution in [2.24, 2.45) is 0 Å². The fraction of sp³-hybridized carbons (Fsp3) is 0. The fourth-order valence-corrected chi connectivity index (χ4v) is 2.03. The summed E-state index contributed by atoms with van der Waals surface area (Å²) in [4.78, 5) is 22.1. The van der Waals surface area contributed by atoms with Crippen LogP contribution in [0.3, 0.4) is 0 Å². The molecule has 0 amide bonds. The molecule has 100 valence electrons. The van der Waals surface area contributed by atoms with Gasteiger partial charge in [-0.25, -0.2) is 9.59 Å². The van der Waals surface area contributed by atoms with E-state index in [1.165, 1.54) is 24.3 Å². The number of ether oxygens (including phenoxy) is 1. The molecular weight excluding hydrogens is 262 g/mol. The van der Waals surface area contributed by atoms with Gasteiger partial charge in [0.05, 0.1) is 22.5 Å². The SMILES string of the molecule is O=C(O)c1ccc2c(c1)Nc1c(cccc1C(=O)O)O2. The van der Waals surface area contributed by atoms with E-state index in [4.69, 9.17) is 14.9 Å². The zero-order valence-corrected chi connectivity index (χ0v) is 10.1. The Morgan fingerprint density at radius 2 is 1.80 bits per heavy atom. The van der Waals surface area contributed by atoms with Crippen molar-refractivity contribution in [2.45, 2.75) is 0 Å². The quantitative estimate of drug-likeness (QED) is 0.663. The van der Waals surface area contributed by atoms with E-state index in [0.717, 1.165) is 0 Å². The monoisotopic (exact) mass is 271 g/mol. The van der Waals surface area contributed by atoms with Crippen LogP contribution in [0.25, 0.3) is 0 Å². The molecule has 0 aromatic heterocycles. The topological polar surface area (TPSA) is 95.9 Å². The van der Waals surface area contributed by atoms with Gasteiger partial charge in [-0.3, -0.25) is 0 Å². The number of benzene rings is 2. The zero-order valence-electron chi connectivity index (χ0n) is 10.1. The maximum Gasteiger partial charge on any atom is 0.337 e. The summed E-state index contributed by atoms with van der Waals surface area (Å²) >= 11 is 0. The maximum absolute atomic E-state index is 11.2. The number of carboxylic acid groups (broad SMARTS) is 2. The van der Waals surface area contributed by atoms with Gasteiger partial charge in [-0.05, 0) is 30.3 Å². The number of nitrogens with one attached hydrogen (secondary N) is 1. The Morgan fingerprint density at radius 1 is 1.00 bits per heavy atom. The molecule has 0 atom stereocenters. The smallest absolute Gasteiger partial charge is 0.337 e. The summed E-state index contributed by atoms with van der Waals surface area (Å²) < 4.78 is 5.58. The molecule has 0 saturated heterocycles. The first-order valence-electron chi connectivity index (χ1n) is 5.75. The van der Waals surface area contributed by atoms with Crippen molar-refractivity contribution in [2.75, 3.05) is 5.32 Å². The van der Waals surface area contributed by atoms with Crippen molar-refractivity contribution >= 4 is 23.3 Å². The van der Waals surface area contributed by atoms with E-state index in [0.29, 0.717) is 22.9 Å². The first-order chi connectivity index (χ1) is 9.56. The molecule has 2 aromatic carbocycles. The normalized spacial score (nSPS) is 11.6. The fourth-order valence-electron chi connectivity index (χ4n) is 2.03. The van der Waals surface area contributed by atoms with Gasteiger partial charge in [0.15, 0.2) is 11.5 Å². The number of anilines is 2. The third kappa shape index (κ3) is 1.83. The van der Waals surface area contributed by atoms with Crippen LogP contribution in [0.1, 0.15) is 20.7 Å². The van der Waals surface area contributed by atoms with Gasteiger partial charge in [0, 0.05) is 0 Å². The second kappa shape index (κ2) is 4.27. The Labute approximate surface area is 113 Å². The average Bonchev–Trinajstić information content (AvgIpc) is 2.43. The summed E-state index contributed by atoms with van der Waals surface area (Å²) in [6.45, 7) is 0. The van der Waals surface area contributed by atoms with E-state index in [1.807, 2.05) is 0 Å². The van der Waals surface area contributed by atoms with Crippen LogP contribution < -0.4 is 10.1 Å². The molecule has 0 aliphatic carbocycles. The van der Waals surface area contributed by atoms with Gasteiger partial charge >= 0.3 is 11.9 Å². The van der Waals surface area contributed by atoms with Crippen molar-refractivity contribution < 1.29 is 24.5 Å². The highest BCUT2D eigenvalue weighted by Gasteiger charge is 2.22. The molecule has 6 heteroatoms. The van der Waals surface area contributed by atoms with Crippen LogP contribution in [0.15, 0.2) is 36.4 Å². The number of fused-ring (bicyclic) bond motifs is 2. The van der Waals surface area contributed by atoms with Gasteiger partial charge in [0.25, 0.3) is 0 Å². The van der Waals surface area contributed by atoms with Crippen LogP contribution in [0.2, 0.25) is 0 Å². The lowest BCUT2D eigenvalue weighted by Crippen LogP contribution is -2.09. The summed E-state index contributed by atoms with van der Waals surface area (Å²) in [5.41, 5.74) is 0.895. The molecule has 3 N–H and O–H groups in total. The van der Waals surface area contributed by atoms with E-state index in [9.17, 15) is 9.59 Å². The summed E-state index contributed by atoms with van der Waals surface area (Å²) in [6, 6.07) is 9.03. The molecule has 0 bridgehead atoms. The van der Waals surface area contributed by atoms with Gasteiger partial charge in [-0.2, -0.15) is 0 Å². The zero-order chi connectivity index (χ0) is 14.3. The molecule has 6 nitrogen and oxygen atoms in total. The van der Waals surface area contributed by atoms with Crippen LogP contribution in [-0.2, 0) is 0 Å². The van der Waals surface area contributed by atoms with Crippen molar-refractivity contribution in [3.63, 3.8) is 0 Å². The first kappa shape index (κ1) is 12.0. The van der Waals surface area contributed by atoms with E-state index >= 15 is 0 Å². The third-order valence-corrected chi connectivity index (χ3v) is 2.96. The van der Waals surface area contributed by atoms with Gasteiger partial charge in [-0.1, -0.05) is 6.07 Å². The lowest BCUT2D eigenvalue weighted by Gasteiger charge is -2.23. The van der Waals surface area contributed by atoms with Crippen molar-refractivity contribution in [3.8, 4) is 11.5 Å². The summed E-state index contributed by atoms with van der Waals surface area (Å²) in [5.74, 6) is -1.31. The van der Waals surface area contributed by atoms with Gasteiger partial charge in [-0.15, -0.1) is 0 Å². The molecule has 0 radical (unpaired) electrons. The van der Waals surface area contributed by atoms with E-state index in [1.54, 1.807) is 12.1 Å². The van der Waals surface area contributed by atoms with Crippen molar-refractivity contribution in [1.29, 1.82) is 0 Å². The third-order valence-electron chi connectivity index (χ3n) is 2.96. The van der Waals surface area contributed by atoms with Crippen molar-refractivity contribution in [3.05, 3.63) is 47.5 Å². The minimum Gasteiger partial charge on any atom is -0.478 e. The average molecular weight is 271 g/mol. The number of hydrogen-bond acceptors (Lipinski definition) is 4. The Morgan fingerprint density at radius 3 is 2.50 bits per heavy atom. The lowest BCUT2D eigenvalue weighted by molar-refractivity contribution is 0.0686. The van der Waals surface area contributed by atoms with Crippen LogP contribution in [0, 0.1) is 0 Å². The summed E-state index contributed by atoms with van der Waals surface area (Å²) in [7, 11) is 0. The second-order valence-electron chi connectivity index (χ2n) is 4.23. The molecule has 20 heavy (non-hydrogen) atoms. The minimum atomic E-state index is -1.09. The Kier molecular flexibility index (Phi) is 2.57. The number of aromatic carboxylic acids is 2. The van der Waals surface area contributed by atoms with Crippen LogP contribution in [-0.4, -0.2) is 22.2 Å². The highest BCUT2D eigenvalue weighted by molar-refractivity contribution is 5.99. The molecule has 0 spiro atoms. The molecule has 0 unspecified atom stereocenters. The number of carbonyl (C=O) groups is 2. The number of para-hydroxylation sites is 1. The second-order valence-corrected chi connectivity index (χ2v) is 4.23. The summed E-state index contributed by atoms with van der Waals surface area (Å²) in [5, 5.41) is 21.0. The van der Waals surface area contributed by atoms with Gasteiger partial charge in [0.2, 0.25) is 0 Å². The molecule has 1 aliphatic heterocycles. The minimum absolute atomic E-state index is 0.0638. The van der Waals surface area contributed by atoms with E-state index < -0.39 is 11.9 Å². The number of rotatable bonds is 2.